The van der Waals surface area contributed by atoms with E-state index in [-0.39, 0.29) is 5.56 Å². The summed E-state index contributed by atoms with van der Waals surface area (Å²) in [6, 6.07) is 9.44. The Hall–Kier alpha value is -3.68. The first kappa shape index (κ1) is 18.4. The molecule has 0 saturated carbocycles. The van der Waals surface area contributed by atoms with Crippen LogP contribution in [0.25, 0.3) is 21.8 Å². The summed E-state index contributed by atoms with van der Waals surface area (Å²) in [6.07, 6.45) is 0.843. The molecule has 2 aromatic carbocycles. The van der Waals surface area contributed by atoms with Crippen LogP contribution < -0.4 is 24.7 Å². The molecular formula is C22H22N4O4. The lowest BCUT2D eigenvalue weighted by atomic mass is 10.0. The van der Waals surface area contributed by atoms with Crippen molar-refractivity contribution in [3.8, 4) is 17.2 Å². The highest BCUT2D eigenvalue weighted by Gasteiger charge is 2.23. The Morgan fingerprint density at radius 3 is 2.53 bits per heavy atom. The number of benzene rings is 2. The Balaban J connectivity index is 1.54. The van der Waals surface area contributed by atoms with Crippen LogP contribution in [0, 0.1) is 0 Å². The third kappa shape index (κ3) is 2.83. The Morgan fingerprint density at radius 1 is 0.967 bits per heavy atom. The van der Waals surface area contributed by atoms with Crippen molar-refractivity contribution in [2.45, 2.75) is 13.0 Å². The third-order valence-corrected chi connectivity index (χ3v) is 5.68. The molecule has 0 spiro atoms. The van der Waals surface area contributed by atoms with Crippen LogP contribution >= 0.6 is 0 Å². The molecule has 5 rings (SSSR count). The molecule has 0 radical (unpaired) electrons. The van der Waals surface area contributed by atoms with Gasteiger partial charge in [0.1, 0.15) is 5.75 Å². The van der Waals surface area contributed by atoms with Crippen LogP contribution in [0.1, 0.15) is 11.3 Å². The topological polar surface area (TPSA) is 92.5 Å². The molecule has 8 heteroatoms. The first-order chi connectivity index (χ1) is 14.6. The van der Waals surface area contributed by atoms with Crippen molar-refractivity contribution < 1.29 is 14.2 Å². The molecule has 0 saturated heterocycles. The second-order valence-electron chi connectivity index (χ2n) is 7.28. The van der Waals surface area contributed by atoms with E-state index in [2.05, 4.69) is 20.9 Å². The van der Waals surface area contributed by atoms with Crippen molar-refractivity contribution >= 4 is 27.8 Å². The van der Waals surface area contributed by atoms with Gasteiger partial charge >= 0.3 is 0 Å². The van der Waals surface area contributed by atoms with Gasteiger partial charge in [-0.1, -0.05) is 0 Å². The Kier molecular flexibility index (Phi) is 4.27. The second-order valence-corrected chi connectivity index (χ2v) is 7.28. The van der Waals surface area contributed by atoms with Crippen LogP contribution in [0.15, 0.2) is 35.1 Å². The third-order valence-electron chi connectivity index (χ3n) is 5.68. The van der Waals surface area contributed by atoms with E-state index in [9.17, 15) is 4.79 Å². The molecule has 0 aliphatic carbocycles. The minimum Gasteiger partial charge on any atom is -0.497 e. The second kappa shape index (κ2) is 6.98. The van der Waals surface area contributed by atoms with Gasteiger partial charge < -0.3 is 24.1 Å². The molecule has 2 N–H and O–H groups in total. The number of fused-ring (bicyclic) bond motifs is 4. The molecule has 1 aliphatic heterocycles. The Labute approximate surface area is 172 Å². The molecule has 0 bridgehead atoms. The summed E-state index contributed by atoms with van der Waals surface area (Å²) < 4.78 is 16.0. The van der Waals surface area contributed by atoms with E-state index in [1.54, 1.807) is 33.5 Å². The molecule has 1 aliphatic rings. The zero-order valence-electron chi connectivity index (χ0n) is 17.0. The van der Waals surface area contributed by atoms with Gasteiger partial charge in [-0.15, -0.1) is 0 Å². The van der Waals surface area contributed by atoms with Crippen molar-refractivity contribution in [2.24, 2.45) is 0 Å². The normalized spacial score (nSPS) is 13.5. The van der Waals surface area contributed by atoms with Gasteiger partial charge in [-0.25, -0.2) is 4.98 Å². The fourth-order valence-electron chi connectivity index (χ4n) is 4.13. The fourth-order valence-corrected chi connectivity index (χ4v) is 4.13. The van der Waals surface area contributed by atoms with Gasteiger partial charge in [0.15, 0.2) is 11.5 Å². The highest BCUT2D eigenvalue weighted by Crippen LogP contribution is 2.33. The molecule has 0 amide bonds. The van der Waals surface area contributed by atoms with Gasteiger partial charge in [-0.2, -0.15) is 0 Å². The van der Waals surface area contributed by atoms with Crippen molar-refractivity contribution in [1.82, 2.24) is 15.0 Å². The molecule has 154 valence electrons. The zero-order chi connectivity index (χ0) is 20.8. The van der Waals surface area contributed by atoms with Gasteiger partial charge in [0, 0.05) is 29.2 Å². The lowest BCUT2D eigenvalue weighted by Crippen LogP contribution is -2.33. The van der Waals surface area contributed by atoms with Crippen molar-refractivity contribution in [2.75, 3.05) is 32.8 Å². The van der Waals surface area contributed by atoms with Crippen LogP contribution in [0.5, 0.6) is 17.2 Å². The number of aromatic amines is 2. The predicted octanol–water partition coefficient (Wildman–Crippen LogP) is 2.99. The van der Waals surface area contributed by atoms with Crippen molar-refractivity contribution in [3.63, 3.8) is 0 Å². The van der Waals surface area contributed by atoms with E-state index >= 15 is 0 Å². The number of hydrogen-bond acceptors (Lipinski definition) is 6. The van der Waals surface area contributed by atoms with E-state index in [4.69, 9.17) is 19.2 Å². The smallest absolute Gasteiger partial charge is 0.260 e. The summed E-state index contributed by atoms with van der Waals surface area (Å²) in [5, 5.41) is 1.65. The molecule has 3 heterocycles. The number of hydrogen-bond donors (Lipinski definition) is 2. The van der Waals surface area contributed by atoms with Gasteiger partial charge in [0.2, 0.25) is 5.95 Å². The summed E-state index contributed by atoms with van der Waals surface area (Å²) >= 11 is 0. The quantitative estimate of drug-likeness (QED) is 0.541. The molecule has 2 aromatic heterocycles. The predicted molar refractivity (Wildman–Crippen MR) is 115 cm³/mol. The average Bonchev–Trinajstić information content (AvgIpc) is 3.14. The number of ether oxygens (including phenoxy) is 3. The Morgan fingerprint density at radius 2 is 1.77 bits per heavy atom. The standard InChI is InChI=1S/C22H22N4O4/c1-28-12-4-5-16-14(8-12)13-6-7-26(11-18(13)23-16)22-24-17-10-20(30-3)19(29-2)9-15(17)21(27)25-22/h4-5,8-10,23H,6-7,11H2,1-3H3,(H,24,25,27). The van der Waals surface area contributed by atoms with Gasteiger partial charge in [-0.3, -0.25) is 9.78 Å². The number of H-pyrrole nitrogens is 2. The number of aromatic nitrogens is 3. The number of methoxy groups -OCH3 is 3. The molecular weight excluding hydrogens is 384 g/mol. The highest BCUT2D eigenvalue weighted by atomic mass is 16.5. The minimum absolute atomic E-state index is 0.205. The van der Waals surface area contributed by atoms with E-state index in [1.807, 2.05) is 12.1 Å². The fraction of sp³-hybridized carbons (Fsp3) is 0.273. The maximum Gasteiger partial charge on any atom is 0.260 e. The van der Waals surface area contributed by atoms with Crippen molar-refractivity contribution in [3.05, 3.63) is 51.9 Å². The number of rotatable bonds is 4. The van der Waals surface area contributed by atoms with Crippen molar-refractivity contribution in [1.29, 1.82) is 0 Å². The van der Waals surface area contributed by atoms with Crippen LogP contribution in [0.3, 0.4) is 0 Å². The van der Waals surface area contributed by atoms with Crippen LogP contribution in [-0.4, -0.2) is 42.8 Å². The van der Waals surface area contributed by atoms with E-state index < -0.39 is 0 Å². The lowest BCUT2D eigenvalue weighted by Gasteiger charge is -2.27. The molecule has 8 nitrogen and oxygen atoms in total. The SMILES string of the molecule is COc1ccc2[nH]c3c(c2c1)CCN(c1nc2cc(OC)c(OC)cc2c(=O)[nH]1)C3. The first-order valence-corrected chi connectivity index (χ1v) is 9.69. The Bertz CT molecular complexity index is 1320. The zero-order valence-corrected chi connectivity index (χ0v) is 17.0. The summed E-state index contributed by atoms with van der Waals surface area (Å²) in [7, 11) is 4.78. The van der Waals surface area contributed by atoms with Gasteiger partial charge in [0.25, 0.3) is 5.56 Å². The number of anilines is 1. The first-order valence-electron chi connectivity index (χ1n) is 9.69. The van der Waals surface area contributed by atoms with E-state index in [1.165, 1.54) is 10.9 Å². The summed E-state index contributed by atoms with van der Waals surface area (Å²) in [5.74, 6) is 2.43. The largest absolute Gasteiger partial charge is 0.497 e. The molecule has 0 atom stereocenters. The maximum absolute atomic E-state index is 12.7. The van der Waals surface area contributed by atoms with E-state index in [0.29, 0.717) is 34.9 Å². The van der Waals surface area contributed by atoms with Crippen LogP contribution in [0.4, 0.5) is 5.95 Å². The summed E-state index contributed by atoms with van der Waals surface area (Å²) in [5.41, 5.74) is 3.86. The molecule has 0 fully saturated rings. The summed E-state index contributed by atoms with van der Waals surface area (Å²) in [6.45, 7) is 1.38. The molecule has 4 aromatic rings. The van der Waals surface area contributed by atoms with Crippen LogP contribution in [0.2, 0.25) is 0 Å². The lowest BCUT2D eigenvalue weighted by molar-refractivity contribution is 0.355. The average molecular weight is 406 g/mol. The van der Waals surface area contributed by atoms with E-state index in [0.717, 1.165) is 29.9 Å². The number of nitrogens with one attached hydrogen (secondary N) is 2. The molecule has 0 unspecified atom stereocenters. The summed E-state index contributed by atoms with van der Waals surface area (Å²) in [4.78, 5) is 25.9. The van der Waals surface area contributed by atoms with Crippen LogP contribution in [-0.2, 0) is 13.0 Å². The molecule has 30 heavy (non-hydrogen) atoms. The van der Waals surface area contributed by atoms with Gasteiger partial charge in [-0.05, 0) is 36.2 Å². The van der Waals surface area contributed by atoms with Gasteiger partial charge in [0.05, 0.1) is 38.8 Å². The minimum atomic E-state index is -0.205. The maximum atomic E-state index is 12.7. The monoisotopic (exact) mass is 406 g/mol. The highest BCUT2D eigenvalue weighted by molar-refractivity contribution is 5.87. The number of nitrogens with zero attached hydrogens (tertiary/aromatic N) is 2.